The molecule has 1 aromatic rings. The van der Waals surface area contributed by atoms with E-state index in [0.29, 0.717) is 0 Å². The molecule has 18 heavy (non-hydrogen) atoms. The Morgan fingerprint density at radius 3 is 2.56 bits per heavy atom. The fourth-order valence-corrected chi connectivity index (χ4v) is 2.98. The molecule has 0 radical (unpaired) electrons. The zero-order valence-corrected chi connectivity index (χ0v) is 12.0. The van der Waals surface area contributed by atoms with Gasteiger partial charge in [0.2, 0.25) is 0 Å². The van der Waals surface area contributed by atoms with Crippen molar-refractivity contribution in [3.8, 4) is 5.75 Å². The van der Waals surface area contributed by atoms with Gasteiger partial charge in [0.1, 0.15) is 5.75 Å². The minimum absolute atomic E-state index is 0.744. The van der Waals surface area contributed by atoms with Crippen LogP contribution in [-0.4, -0.2) is 20.2 Å². The minimum Gasteiger partial charge on any atom is -0.496 e. The summed E-state index contributed by atoms with van der Waals surface area (Å²) in [5.41, 5.74) is 4.17. The number of hydrogen-bond donors (Lipinski definition) is 1. The molecule has 0 aromatic heterocycles. The number of ether oxygens (including phenoxy) is 1. The molecule has 0 spiro atoms. The number of aryl methyl sites for hydroxylation is 2. The summed E-state index contributed by atoms with van der Waals surface area (Å²) in [5.74, 6) is 2.57. The van der Waals surface area contributed by atoms with Gasteiger partial charge in [0, 0.05) is 0 Å². The number of rotatable bonds is 5. The smallest absolute Gasteiger partial charge is 0.122 e. The average Bonchev–Trinajstić information content (AvgIpc) is 2.32. The summed E-state index contributed by atoms with van der Waals surface area (Å²) in [6.07, 6.45) is 2.70. The third kappa shape index (κ3) is 2.54. The summed E-state index contributed by atoms with van der Waals surface area (Å²) >= 11 is 0. The second-order valence-corrected chi connectivity index (χ2v) is 5.43. The molecule has 1 N–H and O–H groups in total. The number of benzene rings is 1. The van der Waals surface area contributed by atoms with Crippen LogP contribution in [0.15, 0.2) is 12.1 Å². The van der Waals surface area contributed by atoms with E-state index in [1.807, 2.05) is 0 Å². The van der Waals surface area contributed by atoms with E-state index in [9.17, 15) is 0 Å². The van der Waals surface area contributed by atoms with E-state index in [2.05, 4.69) is 38.2 Å². The standard InChI is InChI=1S/C16H25NO/c1-5-17-10-13-6-7-14(13)15-8-12(3)16(18-4)9-11(15)2/h8-9,13-14,17H,5-7,10H2,1-4H3. The van der Waals surface area contributed by atoms with E-state index < -0.39 is 0 Å². The molecule has 1 aromatic carbocycles. The summed E-state index contributed by atoms with van der Waals surface area (Å²) in [6, 6.07) is 4.52. The SMILES string of the molecule is CCNCC1CCC1c1cc(C)c(OC)cc1C. The summed E-state index contributed by atoms with van der Waals surface area (Å²) in [7, 11) is 1.75. The highest BCUT2D eigenvalue weighted by Crippen LogP contribution is 2.44. The average molecular weight is 247 g/mol. The quantitative estimate of drug-likeness (QED) is 0.861. The fourth-order valence-electron chi connectivity index (χ4n) is 2.98. The summed E-state index contributed by atoms with van der Waals surface area (Å²) in [6.45, 7) is 8.76. The van der Waals surface area contributed by atoms with Crippen LogP contribution in [0.2, 0.25) is 0 Å². The number of methoxy groups -OCH3 is 1. The zero-order valence-electron chi connectivity index (χ0n) is 12.0. The van der Waals surface area contributed by atoms with Gasteiger partial charge < -0.3 is 10.1 Å². The normalized spacial score (nSPS) is 22.7. The molecule has 1 saturated carbocycles. The highest BCUT2D eigenvalue weighted by atomic mass is 16.5. The lowest BCUT2D eigenvalue weighted by Gasteiger charge is -2.38. The van der Waals surface area contributed by atoms with Crippen LogP contribution in [0.25, 0.3) is 0 Å². The molecule has 0 heterocycles. The fraction of sp³-hybridized carbons (Fsp3) is 0.625. The zero-order chi connectivity index (χ0) is 13.1. The van der Waals surface area contributed by atoms with Gasteiger partial charge in [-0.1, -0.05) is 13.0 Å². The summed E-state index contributed by atoms with van der Waals surface area (Å²) in [5, 5.41) is 3.48. The van der Waals surface area contributed by atoms with Crippen molar-refractivity contribution >= 4 is 0 Å². The van der Waals surface area contributed by atoms with Crippen molar-refractivity contribution in [1.29, 1.82) is 0 Å². The highest BCUT2D eigenvalue weighted by molar-refractivity contribution is 5.43. The molecule has 0 saturated heterocycles. The molecule has 1 aliphatic carbocycles. The maximum absolute atomic E-state index is 5.39. The maximum Gasteiger partial charge on any atom is 0.122 e. The van der Waals surface area contributed by atoms with Gasteiger partial charge >= 0.3 is 0 Å². The molecule has 0 bridgehead atoms. The molecular formula is C16H25NO. The van der Waals surface area contributed by atoms with Gasteiger partial charge in [-0.2, -0.15) is 0 Å². The first-order chi connectivity index (χ1) is 8.67. The van der Waals surface area contributed by atoms with Crippen LogP contribution >= 0.6 is 0 Å². The minimum atomic E-state index is 0.744. The van der Waals surface area contributed by atoms with Gasteiger partial charge in [-0.05, 0) is 74.4 Å². The van der Waals surface area contributed by atoms with Crippen molar-refractivity contribution in [2.75, 3.05) is 20.2 Å². The first-order valence-corrected chi connectivity index (χ1v) is 7.03. The van der Waals surface area contributed by atoms with Crippen LogP contribution in [-0.2, 0) is 0 Å². The molecular weight excluding hydrogens is 222 g/mol. The van der Waals surface area contributed by atoms with Crippen LogP contribution < -0.4 is 10.1 Å². The van der Waals surface area contributed by atoms with Crippen LogP contribution in [0, 0.1) is 19.8 Å². The third-order valence-electron chi connectivity index (χ3n) is 4.26. The Bertz CT molecular complexity index is 414. The van der Waals surface area contributed by atoms with Crippen LogP contribution in [0.3, 0.4) is 0 Å². The van der Waals surface area contributed by atoms with E-state index in [4.69, 9.17) is 4.74 Å². The summed E-state index contributed by atoms with van der Waals surface area (Å²) in [4.78, 5) is 0. The lowest BCUT2D eigenvalue weighted by atomic mass is 9.68. The number of hydrogen-bond acceptors (Lipinski definition) is 2. The maximum atomic E-state index is 5.39. The molecule has 0 amide bonds. The van der Waals surface area contributed by atoms with Gasteiger partial charge in [-0.15, -0.1) is 0 Å². The van der Waals surface area contributed by atoms with Gasteiger partial charge in [0.25, 0.3) is 0 Å². The van der Waals surface area contributed by atoms with E-state index in [0.717, 1.165) is 30.7 Å². The van der Waals surface area contributed by atoms with Crippen molar-refractivity contribution in [2.45, 2.75) is 39.5 Å². The highest BCUT2D eigenvalue weighted by Gasteiger charge is 2.32. The Kier molecular flexibility index (Phi) is 4.28. The van der Waals surface area contributed by atoms with E-state index >= 15 is 0 Å². The van der Waals surface area contributed by atoms with Crippen molar-refractivity contribution in [1.82, 2.24) is 5.32 Å². The number of nitrogens with one attached hydrogen (secondary N) is 1. The topological polar surface area (TPSA) is 21.3 Å². The molecule has 2 heteroatoms. The molecule has 1 aliphatic rings. The van der Waals surface area contributed by atoms with Gasteiger partial charge in [-0.25, -0.2) is 0 Å². The Morgan fingerprint density at radius 1 is 1.22 bits per heavy atom. The van der Waals surface area contributed by atoms with Gasteiger partial charge in [0.15, 0.2) is 0 Å². The molecule has 100 valence electrons. The second-order valence-electron chi connectivity index (χ2n) is 5.43. The van der Waals surface area contributed by atoms with E-state index in [1.165, 1.54) is 29.5 Å². The predicted molar refractivity (Wildman–Crippen MR) is 76.5 cm³/mol. The Morgan fingerprint density at radius 2 is 2.00 bits per heavy atom. The van der Waals surface area contributed by atoms with Gasteiger partial charge in [0.05, 0.1) is 7.11 Å². The van der Waals surface area contributed by atoms with Crippen LogP contribution in [0.5, 0.6) is 5.75 Å². The van der Waals surface area contributed by atoms with Crippen molar-refractivity contribution in [3.05, 3.63) is 28.8 Å². The lowest BCUT2D eigenvalue weighted by molar-refractivity contribution is 0.246. The van der Waals surface area contributed by atoms with Crippen molar-refractivity contribution < 1.29 is 4.74 Å². The Balaban J connectivity index is 2.16. The Labute approximate surface area is 111 Å². The molecule has 2 unspecified atom stereocenters. The predicted octanol–water partition coefficient (Wildman–Crippen LogP) is 3.42. The molecule has 0 aliphatic heterocycles. The van der Waals surface area contributed by atoms with E-state index in [-0.39, 0.29) is 0 Å². The molecule has 2 atom stereocenters. The molecule has 2 rings (SSSR count). The molecule has 1 fully saturated rings. The van der Waals surface area contributed by atoms with Gasteiger partial charge in [-0.3, -0.25) is 0 Å². The van der Waals surface area contributed by atoms with Crippen LogP contribution in [0.4, 0.5) is 0 Å². The monoisotopic (exact) mass is 247 g/mol. The first-order valence-electron chi connectivity index (χ1n) is 7.03. The Hall–Kier alpha value is -1.02. The lowest BCUT2D eigenvalue weighted by Crippen LogP contribution is -2.34. The molecule has 2 nitrogen and oxygen atoms in total. The first kappa shape index (κ1) is 13.4. The second kappa shape index (κ2) is 5.75. The largest absolute Gasteiger partial charge is 0.496 e. The van der Waals surface area contributed by atoms with Crippen molar-refractivity contribution in [2.24, 2.45) is 5.92 Å². The van der Waals surface area contributed by atoms with Crippen molar-refractivity contribution in [3.63, 3.8) is 0 Å². The van der Waals surface area contributed by atoms with Crippen LogP contribution in [0.1, 0.15) is 42.4 Å². The summed E-state index contributed by atoms with van der Waals surface area (Å²) < 4.78 is 5.39. The third-order valence-corrected chi connectivity index (χ3v) is 4.26. The van der Waals surface area contributed by atoms with E-state index in [1.54, 1.807) is 7.11 Å².